The smallest absolute Gasteiger partial charge is 0.0489 e. The molecule has 0 amide bonds. The van der Waals surface area contributed by atoms with E-state index in [0.29, 0.717) is 0 Å². The zero-order valence-corrected chi connectivity index (χ0v) is 14.4. The second-order valence-electron chi connectivity index (χ2n) is 5.64. The molecule has 0 aliphatic rings. The molecular weight excluding hydrogens is 310 g/mol. The van der Waals surface area contributed by atoms with E-state index in [1.807, 2.05) is 0 Å². The molecule has 1 unspecified atom stereocenters. The van der Waals surface area contributed by atoms with E-state index in [4.69, 9.17) is 0 Å². The van der Waals surface area contributed by atoms with Gasteiger partial charge >= 0.3 is 0 Å². The average Bonchev–Trinajstić information content (AvgIpc) is 2.37. The Hall–Kier alpha value is -1.28. The lowest BCUT2D eigenvalue weighted by molar-refractivity contribution is 0.869. The molecule has 2 heteroatoms. The molecule has 2 rings (SSSR count). The molecular formula is C18H22BrN. The fourth-order valence-corrected chi connectivity index (χ4v) is 3.11. The number of rotatable bonds is 3. The summed E-state index contributed by atoms with van der Waals surface area (Å²) in [5, 5.41) is 3.59. The number of anilines is 1. The van der Waals surface area contributed by atoms with Gasteiger partial charge in [0.2, 0.25) is 0 Å². The third-order valence-electron chi connectivity index (χ3n) is 3.85. The van der Waals surface area contributed by atoms with Crippen molar-refractivity contribution in [2.24, 2.45) is 0 Å². The summed E-state index contributed by atoms with van der Waals surface area (Å²) in [5.74, 6) is 0. The van der Waals surface area contributed by atoms with Gasteiger partial charge in [0, 0.05) is 16.2 Å². The normalized spacial score (nSPS) is 12.3. The lowest BCUT2D eigenvalue weighted by atomic mass is 9.96. The van der Waals surface area contributed by atoms with Crippen LogP contribution in [0.4, 0.5) is 5.69 Å². The summed E-state index contributed by atoms with van der Waals surface area (Å²) in [6, 6.07) is 11.3. The SMILES string of the molecule is Cc1ccc(NC(C)c2cc(C)c(C)cc2C)c(Br)c1. The van der Waals surface area contributed by atoms with Crippen molar-refractivity contribution in [2.75, 3.05) is 5.32 Å². The molecule has 0 spiro atoms. The van der Waals surface area contributed by atoms with E-state index < -0.39 is 0 Å². The number of benzene rings is 2. The lowest BCUT2D eigenvalue weighted by Gasteiger charge is -2.20. The number of nitrogens with one attached hydrogen (secondary N) is 1. The van der Waals surface area contributed by atoms with Crippen LogP contribution in [-0.4, -0.2) is 0 Å². The van der Waals surface area contributed by atoms with Crippen LogP contribution in [0.1, 0.15) is 40.8 Å². The molecule has 1 atom stereocenters. The van der Waals surface area contributed by atoms with Crippen LogP contribution in [0.2, 0.25) is 0 Å². The molecule has 0 aromatic heterocycles. The zero-order valence-electron chi connectivity index (χ0n) is 12.8. The van der Waals surface area contributed by atoms with E-state index in [0.717, 1.165) is 10.2 Å². The average molecular weight is 332 g/mol. The van der Waals surface area contributed by atoms with Crippen LogP contribution in [0.3, 0.4) is 0 Å². The van der Waals surface area contributed by atoms with Crippen LogP contribution in [0, 0.1) is 27.7 Å². The number of aryl methyl sites for hydroxylation is 4. The van der Waals surface area contributed by atoms with Crippen LogP contribution in [0.15, 0.2) is 34.8 Å². The maximum atomic E-state index is 3.63. The number of hydrogen-bond donors (Lipinski definition) is 1. The topological polar surface area (TPSA) is 12.0 Å². The molecule has 106 valence electrons. The van der Waals surface area contributed by atoms with Crippen molar-refractivity contribution in [3.05, 3.63) is 62.6 Å². The quantitative estimate of drug-likeness (QED) is 0.743. The number of hydrogen-bond acceptors (Lipinski definition) is 1. The van der Waals surface area contributed by atoms with Crippen LogP contribution in [0.25, 0.3) is 0 Å². The Morgan fingerprint density at radius 1 is 0.900 bits per heavy atom. The summed E-state index contributed by atoms with van der Waals surface area (Å²) in [4.78, 5) is 0. The van der Waals surface area contributed by atoms with Crippen molar-refractivity contribution in [1.82, 2.24) is 0 Å². The summed E-state index contributed by atoms with van der Waals surface area (Å²) < 4.78 is 1.12. The van der Waals surface area contributed by atoms with Crippen LogP contribution < -0.4 is 5.32 Å². The van der Waals surface area contributed by atoms with Crippen molar-refractivity contribution in [3.8, 4) is 0 Å². The highest BCUT2D eigenvalue weighted by Crippen LogP contribution is 2.29. The first-order valence-corrected chi connectivity index (χ1v) is 7.78. The molecule has 0 aliphatic heterocycles. The first-order chi connectivity index (χ1) is 9.38. The third-order valence-corrected chi connectivity index (χ3v) is 4.50. The van der Waals surface area contributed by atoms with Gasteiger partial charge in [0.1, 0.15) is 0 Å². The zero-order chi connectivity index (χ0) is 14.9. The highest BCUT2D eigenvalue weighted by atomic mass is 79.9. The Bertz CT molecular complexity index is 632. The maximum absolute atomic E-state index is 3.63. The van der Waals surface area contributed by atoms with E-state index in [1.54, 1.807) is 0 Å². The molecule has 1 N–H and O–H groups in total. The van der Waals surface area contributed by atoms with Gasteiger partial charge in [-0.1, -0.05) is 18.2 Å². The van der Waals surface area contributed by atoms with E-state index >= 15 is 0 Å². The molecule has 0 heterocycles. The van der Waals surface area contributed by atoms with E-state index in [-0.39, 0.29) is 6.04 Å². The predicted octanol–water partition coefficient (Wildman–Crippen LogP) is 5.86. The van der Waals surface area contributed by atoms with Gasteiger partial charge in [0.25, 0.3) is 0 Å². The molecule has 0 bridgehead atoms. The van der Waals surface area contributed by atoms with E-state index in [9.17, 15) is 0 Å². The molecule has 0 fully saturated rings. The first-order valence-electron chi connectivity index (χ1n) is 6.99. The van der Waals surface area contributed by atoms with Gasteiger partial charge in [-0.2, -0.15) is 0 Å². The van der Waals surface area contributed by atoms with Crippen LogP contribution in [0.5, 0.6) is 0 Å². The van der Waals surface area contributed by atoms with E-state index in [2.05, 4.69) is 86.2 Å². The highest BCUT2D eigenvalue weighted by Gasteiger charge is 2.11. The van der Waals surface area contributed by atoms with Gasteiger partial charge in [0.05, 0.1) is 0 Å². The Kier molecular flexibility index (Phi) is 4.54. The summed E-state index contributed by atoms with van der Waals surface area (Å²) in [6.45, 7) is 10.8. The Labute approximate surface area is 130 Å². The van der Waals surface area contributed by atoms with Gasteiger partial charge < -0.3 is 5.32 Å². The van der Waals surface area contributed by atoms with Crippen molar-refractivity contribution >= 4 is 21.6 Å². The molecule has 0 saturated carbocycles. The van der Waals surface area contributed by atoms with Crippen LogP contribution >= 0.6 is 15.9 Å². The van der Waals surface area contributed by atoms with Gasteiger partial charge in [0.15, 0.2) is 0 Å². The van der Waals surface area contributed by atoms with Gasteiger partial charge in [-0.15, -0.1) is 0 Å². The monoisotopic (exact) mass is 331 g/mol. The molecule has 0 radical (unpaired) electrons. The first kappa shape index (κ1) is 15.1. The molecule has 2 aromatic rings. The van der Waals surface area contributed by atoms with Crippen molar-refractivity contribution in [2.45, 2.75) is 40.7 Å². The van der Waals surface area contributed by atoms with Crippen molar-refractivity contribution < 1.29 is 0 Å². The Morgan fingerprint density at radius 2 is 1.55 bits per heavy atom. The summed E-state index contributed by atoms with van der Waals surface area (Å²) >= 11 is 3.63. The predicted molar refractivity (Wildman–Crippen MR) is 91.6 cm³/mol. The number of halogens is 1. The fourth-order valence-electron chi connectivity index (χ4n) is 2.50. The molecule has 2 aromatic carbocycles. The molecule has 0 saturated heterocycles. The highest BCUT2D eigenvalue weighted by molar-refractivity contribution is 9.10. The summed E-state index contributed by atoms with van der Waals surface area (Å²) in [6.07, 6.45) is 0. The second-order valence-corrected chi connectivity index (χ2v) is 6.50. The third kappa shape index (κ3) is 3.24. The second kappa shape index (κ2) is 6.01. The largest absolute Gasteiger partial charge is 0.378 e. The minimum Gasteiger partial charge on any atom is -0.378 e. The van der Waals surface area contributed by atoms with E-state index in [1.165, 1.54) is 27.8 Å². The van der Waals surface area contributed by atoms with Gasteiger partial charge in [-0.05, 0) is 90.5 Å². The van der Waals surface area contributed by atoms with Crippen molar-refractivity contribution in [1.29, 1.82) is 0 Å². The summed E-state index contributed by atoms with van der Waals surface area (Å²) in [7, 11) is 0. The lowest BCUT2D eigenvalue weighted by Crippen LogP contribution is -2.09. The van der Waals surface area contributed by atoms with Crippen molar-refractivity contribution in [3.63, 3.8) is 0 Å². The Balaban J connectivity index is 2.28. The fraction of sp³-hybridized carbons (Fsp3) is 0.333. The minimum atomic E-state index is 0.285. The molecule has 20 heavy (non-hydrogen) atoms. The minimum absolute atomic E-state index is 0.285. The summed E-state index contributed by atoms with van der Waals surface area (Å²) in [5.41, 5.74) is 7.81. The maximum Gasteiger partial charge on any atom is 0.0489 e. The van der Waals surface area contributed by atoms with Crippen LogP contribution in [-0.2, 0) is 0 Å². The van der Waals surface area contributed by atoms with Gasteiger partial charge in [-0.3, -0.25) is 0 Å². The Morgan fingerprint density at radius 3 is 2.20 bits per heavy atom. The standard InChI is InChI=1S/C18H22BrN/c1-11-6-7-18(17(19)8-11)20-15(5)16-10-13(3)12(2)9-14(16)4/h6-10,15,20H,1-5H3. The van der Waals surface area contributed by atoms with Gasteiger partial charge in [-0.25, -0.2) is 0 Å². The molecule has 0 aliphatic carbocycles. The molecule has 1 nitrogen and oxygen atoms in total.